The van der Waals surface area contributed by atoms with Crippen LogP contribution in [0.1, 0.15) is 24.4 Å². The Balaban J connectivity index is 1.46. The number of imidazole rings is 1. The van der Waals surface area contributed by atoms with E-state index in [1.165, 1.54) is 5.52 Å². The van der Waals surface area contributed by atoms with Gasteiger partial charge in [0, 0.05) is 37.8 Å². The zero-order valence-electron chi connectivity index (χ0n) is 15.8. The van der Waals surface area contributed by atoms with Crippen molar-refractivity contribution in [3.63, 3.8) is 0 Å². The van der Waals surface area contributed by atoms with Gasteiger partial charge >= 0.3 is 0 Å². The van der Waals surface area contributed by atoms with Crippen molar-refractivity contribution in [3.8, 4) is 17.2 Å². The Kier molecular flexibility index (Phi) is 4.90. The molecule has 0 bridgehead atoms. The second-order valence-corrected chi connectivity index (χ2v) is 6.98. The van der Waals surface area contributed by atoms with Gasteiger partial charge in [0.05, 0.1) is 37.1 Å². The number of methoxy groups -OCH3 is 2. The average molecular weight is 367 g/mol. The summed E-state index contributed by atoms with van der Waals surface area (Å²) in [5.41, 5.74) is 3.06. The van der Waals surface area contributed by atoms with Crippen LogP contribution in [-0.2, 0) is 6.54 Å². The molecule has 27 heavy (non-hydrogen) atoms. The lowest BCUT2D eigenvalue weighted by Crippen LogP contribution is -2.34. The molecule has 3 aromatic rings. The summed E-state index contributed by atoms with van der Waals surface area (Å²) in [4.78, 5) is 6.88. The van der Waals surface area contributed by atoms with Crippen LogP contribution in [0.2, 0.25) is 0 Å². The Morgan fingerprint density at radius 2 is 1.89 bits per heavy atom. The molecule has 2 aromatic carbocycles. The third-order valence-corrected chi connectivity index (χ3v) is 5.43. The van der Waals surface area contributed by atoms with Gasteiger partial charge in [-0.1, -0.05) is 12.1 Å². The molecule has 142 valence electrons. The predicted molar refractivity (Wildman–Crippen MR) is 104 cm³/mol. The quantitative estimate of drug-likeness (QED) is 0.747. The van der Waals surface area contributed by atoms with Crippen LogP contribution in [-0.4, -0.2) is 46.9 Å². The van der Waals surface area contributed by atoms with E-state index in [4.69, 9.17) is 9.47 Å². The molecule has 0 atom stereocenters. The Morgan fingerprint density at radius 3 is 2.63 bits per heavy atom. The number of piperidine rings is 1. The van der Waals surface area contributed by atoms with Gasteiger partial charge in [0.1, 0.15) is 17.2 Å². The topological polar surface area (TPSA) is 59.8 Å². The second-order valence-electron chi connectivity index (χ2n) is 6.98. The van der Waals surface area contributed by atoms with Crippen molar-refractivity contribution in [2.75, 3.05) is 27.3 Å². The van der Waals surface area contributed by atoms with Crippen molar-refractivity contribution in [3.05, 3.63) is 48.3 Å². The minimum atomic E-state index is 0.217. The molecule has 0 aliphatic carbocycles. The molecule has 1 fully saturated rings. The molecule has 0 amide bonds. The molecule has 0 unspecified atom stereocenters. The summed E-state index contributed by atoms with van der Waals surface area (Å²) in [5, 5.41) is 10.4. The summed E-state index contributed by atoms with van der Waals surface area (Å²) in [5.74, 6) is 1.47. The fourth-order valence-corrected chi connectivity index (χ4v) is 3.91. The highest BCUT2D eigenvalue weighted by Crippen LogP contribution is 2.35. The van der Waals surface area contributed by atoms with Crippen LogP contribution in [0.5, 0.6) is 17.2 Å². The third kappa shape index (κ3) is 3.45. The van der Waals surface area contributed by atoms with E-state index in [9.17, 15) is 5.11 Å². The first-order valence-electron chi connectivity index (χ1n) is 9.27. The maximum atomic E-state index is 10.4. The van der Waals surface area contributed by atoms with Crippen LogP contribution in [0, 0.1) is 0 Å². The number of aromatic nitrogens is 2. The van der Waals surface area contributed by atoms with E-state index in [1.807, 2.05) is 18.5 Å². The molecule has 1 saturated heterocycles. The number of rotatable bonds is 5. The van der Waals surface area contributed by atoms with Crippen molar-refractivity contribution >= 4 is 11.0 Å². The summed E-state index contributed by atoms with van der Waals surface area (Å²) in [6, 6.07) is 12.2. The van der Waals surface area contributed by atoms with E-state index in [1.54, 1.807) is 20.3 Å². The molecule has 2 heterocycles. The fraction of sp³-hybridized carbons (Fsp3) is 0.381. The number of benzene rings is 2. The van der Waals surface area contributed by atoms with E-state index in [-0.39, 0.29) is 5.75 Å². The Hall–Kier alpha value is -2.73. The van der Waals surface area contributed by atoms with Crippen molar-refractivity contribution in [1.29, 1.82) is 0 Å². The molecular formula is C21H25N3O3. The molecule has 0 radical (unpaired) electrons. The van der Waals surface area contributed by atoms with Gasteiger partial charge in [0.15, 0.2) is 0 Å². The molecule has 1 N–H and O–H groups in total. The summed E-state index contributed by atoms with van der Waals surface area (Å²) >= 11 is 0. The number of nitrogens with zero attached hydrogens (tertiary/aromatic N) is 3. The molecule has 0 saturated carbocycles. The molecule has 1 aliphatic rings. The fourth-order valence-electron chi connectivity index (χ4n) is 3.91. The Morgan fingerprint density at radius 1 is 1.11 bits per heavy atom. The smallest absolute Gasteiger partial charge is 0.130 e. The maximum Gasteiger partial charge on any atom is 0.130 e. The minimum Gasteiger partial charge on any atom is -0.507 e. The molecule has 1 aromatic heterocycles. The highest BCUT2D eigenvalue weighted by Gasteiger charge is 2.23. The van der Waals surface area contributed by atoms with E-state index < -0.39 is 0 Å². The lowest BCUT2D eigenvalue weighted by molar-refractivity contribution is 0.178. The van der Waals surface area contributed by atoms with Crippen LogP contribution in [0.25, 0.3) is 11.0 Å². The van der Waals surface area contributed by atoms with Crippen LogP contribution < -0.4 is 9.47 Å². The van der Waals surface area contributed by atoms with Gasteiger partial charge in [-0.15, -0.1) is 0 Å². The number of phenols is 1. The maximum absolute atomic E-state index is 10.4. The van der Waals surface area contributed by atoms with Crippen LogP contribution >= 0.6 is 0 Å². The number of hydrogen-bond acceptors (Lipinski definition) is 5. The number of para-hydroxylation sites is 2. The lowest BCUT2D eigenvalue weighted by Gasteiger charge is -2.33. The molecule has 6 heteroatoms. The van der Waals surface area contributed by atoms with Crippen molar-refractivity contribution in [1.82, 2.24) is 14.5 Å². The first-order chi connectivity index (χ1) is 13.2. The summed E-state index contributed by atoms with van der Waals surface area (Å²) < 4.78 is 13.0. The number of likely N-dealkylation sites (tertiary alicyclic amines) is 1. The third-order valence-electron chi connectivity index (χ3n) is 5.43. The van der Waals surface area contributed by atoms with Gasteiger partial charge in [-0.25, -0.2) is 4.98 Å². The largest absolute Gasteiger partial charge is 0.507 e. The summed E-state index contributed by atoms with van der Waals surface area (Å²) in [6.07, 6.45) is 4.07. The van der Waals surface area contributed by atoms with Gasteiger partial charge in [-0.3, -0.25) is 4.90 Å². The van der Waals surface area contributed by atoms with Gasteiger partial charge in [-0.2, -0.15) is 0 Å². The molecule has 4 rings (SSSR count). The summed E-state index contributed by atoms with van der Waals surface area (Å²) in [6.45, 7) is 2.59. The normalized spacial score (nSPS) is 15.9. The van der Waals surface area contributed by atoms with Crippen molar-refractivity contribution < 1.29 is 14.6 Å². The molecular weight excluding hydrogens is 342 g/mol. The van der Waals surface area contributed by atoms with E-state index in [0.717, 1.165) is 37.0 Å². The van der Waals surface area contributed by atoms with Crippen molar-refractivity contribution in [2.24, 2.45) is 0 Å². The monoisotopic (exact) mass is 367 g/mol. The van der Waals surface area contributed by atoms with Gasteiger partial charge in [0.2, 0.25) is 0 Å². The number of aromatic hydroxyl groups is 1. The van der Waals surface area contributed by atoms with E-state index in [0.29, 0.717) is 24.1 Å². The number of ether oxygens (including phenoxy) is 2. The Labute approximate surface area is 159 Å². The molecule has 0 spiro atoms. The Bertz CT molecular complexity index is 930. The zero-order valence-corrected chi connectivity index (χ0v) is 15.8. The van der Waals surface area contributed by atoms with Crippen LogP contribution in [0.3, 0.4) is 0 Å². The molecule has 1 aliphatic heterocycles. The zero-order chi connectivity index (χ0) is 18.8. The SMILES string of the molecule is COc1cc(O)c(CN2CCC(n3cnc4ccccc43)CC2)c(OC)c1. The van der Waals surface area contributed by atoms with E-state index >= 15 is 0 Å². The minimum absolute atomic E-state index is 0.217. The number of fused-ring (bicyclic) bond motifs is 1. The lowest BCUT2D eigenvalue weighted by atomic mass is 10.0. The summed E-state index contributed by atoms with van der Waals surface area (Å²) in [7, 11) is 3.20. The van der Waals surface area contributed by atoms with Crippen LogP contribution in [0.15, 0.2) is 42.7 Å². The standard InChI is InChI=1S/C21H25N3O3/c1-26-16-11-20(25)17(21(12-16)27-2)13-23-9-7-15(8-10-23)24-14-22-18-5-3-4-6-19(18)24/h3-6,11-12,14-15,25H,7-10,13H2,1-2H3. The first kappa shape index (κ1) is 17.7. The predicted octanol–water partition coefficient (Wildman–Crippen LogP) is 3.60. The number of phenolic OH excluding ortho intramolecular Hbond substituents is 1. The average Bonchev–Trinajstić information content (AvgIpc) is 3.14. The van der Waals surface area contributed by atoms with Crippen molar-refractivity contribution in [2.45, 2.75) is 25.4 Å². The first-order valence-corrected chi connectivity index (χ1v) is 9.27. The van der Waals surface area contributed by atoms with Crippen LogP contribution in [0.4, 0.5) is 0 Å². The highest BCUT2D eigenvalue weighted by molar-refractivity contribution is 5.75. The molecule has 6 nitrogen and oxygen atoms in total. The van der Waals surface area contributed by atoms with Gasteiger partial charge in [-0.05, 0) is 25.0 Å². The highest BCUT2D eigenvalue weighted by atomic mass is 16.5. The van der Waals surface area contributed by atoms with E-state index in [2.05, 4.69) is 32.7 Å². The van der Waals surface area contributed by atoms with Gasteiger partial charge in [0.25, 0.3) is 0 Å². The second kappa shape index (κ2) is 7.48. The van der Waals surface area contributed by atoms with Gasteiger partial charge < -0.3 is 19.1 Å². The number of hydrogen-bond donors (Lipinski definition) is 1.